The van der Waals surface area contributed by atoms with Gasteiger partial charge in [0.15, 0.2) is 0 Å². The summed E-state index contributed by atoms with van der Waals surface area (Å²) in [4.78, 5) is 11.0. The average Bonchev–Trinajstić information content (AvgIpc) is 2.41. The Labute approximate surface area is 112 Å². The molecule has 0 radical (unpaired) electrons. The first-order valence-electron chi connectivity index (χ1n) is 6.14. The Kier molecular flexibility index (Phi) is 3.85. The van der Waals surface area contributed by atoms with Gasteiger partial charge in [-0.15, -0.1) is 0 Å². The summed E-state index contributed by atoms with van der Waals surface area (Å²) in [6, 6.07) is 15.0. The zero-order chi connectivity index (χ0) is 13.8. The van der Waals surface area contributed by atoms with Crippen molar-refractivity contribution in [2.45, 2.75) is 19.8 Å². The van der Waals surface area contributed by atoms with Crippen molar-refractivity contribution in [1.82, 2.24) is 0 Å². The lowest BCUT2D eigenvalue weighted by Gasteiger charge is -2.12. The molecule has 0 heterocycles. The molecule has 98 valence electrons. The summed E-state index contributed by atoms with van der Waals surface area (Å²) in [6.07, 6.45) is 0. The lowest BCUT2D eigenvalue weighted by molar-refractivity contribution is -0.138. The zero-order valence-electron chi connectivity index (χ0n) is 11.0. The Bertz CT molecular complexity index is 576. The summed E-state index contributed by atoms with van der Waals surface area (Å²) in [6.45, 7) is 3.59. The van der Waals surface area contributed by atoms with Crippen LogP contribution in [0.1, 0.15) is 24.0 Å². The van der Waals surface area contributed by atoms with Crippen LogP contribution in [0.15, 0.2) is 48.5 Å². The second kappa shape index (κ2) is 5.57. The van der Waals surface area contributed by atoms with Crippen LogP contribution in [0.25, 0.3) is 0 Å². The first-order valence-corrected chi connectivity index (χ1v) is 6.14. The van der Waals surface area contributed by atoms with Crippen molar-refractivity contribution in [2.24, 2.45) is 0 Å². The topological polar surface area (TPSA) is 46.5 Å². The maximum Gasteiger partial charge on any atom is 0.310 e. The highest BCUT2D eigenvalue weighted by atomic mass is 16.5. The molecule has 1 unspecified atom stereocenters. The van der Waals surface area contributed by atoms with E-state index >= 15 is 0 Å². The quantitative estimate of drug-likeness (QED) is 0.900. The van der Waals surface area contributed by atoms with Crippen LogP contribution in [0.2, 0.25) is 0 Å². The SMILES string of the molecule is Cc1cc(C(C)C(=O)O)ccc1Oc1ccccc1. The molecule has 0 aliphatic heterocycles. The van der Waals surface area contributed by atoms with Gasteiger partial charge in [0.05, 0.1) is 5.92 Å². The van der Waals surface area contributed by atoms with Gasteiger partial charge in [-0.25, -0.2) is 0 Å². The number of hydrogen-bond donors (Lipinski definition) is 1. The zero-order valence-corrected chi connectivity index (χ0v) is 11.0. The van der Waals surface area contributed by atoms with E-state index in [1.807, 2.05) is 49.4 Å². The van der Waals surface area contributed by atoms with Crippen LogP contribution in [-0.2, 0) is 4.79 Å². The van der Waals surface area contributed by atoms with Gasteiger partial charge in [-0.05, 0) is 43.2 Å². The van der Waals surface area contributed by atoms with Crippen LogP contribution in [0.3, 0.4) is 0 Å². The standard InChI is InChI=1S/C16H16O3/c1-11-10-13(12(2)16(17)18)8-9-15(11)19-14-6-4-3-5-7-14/h3-10,12H,1-2H3,(H,17,18). The van der Waals surface area contributed by atoms with E-state index in [0.29, 0.717) is 0 Å². The monoisotopic (exact) mass is 256 g/mol. The molecule has 0 aromatic heterocycles. The highest BCUT2D eigenvalue weighted by Gasteiger charge is 2.14. The fourth-order valence-electron chi connectivity index (χ4n) is 1.81. The molecule has 1 N–H and O–H groups in total. The molecule has 0 spiro atoms. The van der Waals surface area contributed by atoms with E-state index in [0.717, 1.165) is 22.6 Å². The number of benzene rings is 2. The normalized spacial score (nSPS) is 11.9. The number of rotatable bonds is 4. The number of carboxylic acids is 1. The highest BCUT2D eigenvalue weighted by molar-refractivity contribution is 5.75. The number of carboxylic acid groups (broad SMARTS) is 1. The molecule has 2 aromatic rings. The molecule has 0 aliphatic carbocycles. The molecule has 0 amide bonds. The minimum Gasteiger partial charge on any atom is -0.481 e. The number of aryl methyl sites for hydroxylation is 1. The van der Waals surface area contributed by atoms with Gasteiger partial charge < -0.3 is 9.84 Å². The van der Waals surface area contributed by atoms with Gasteiger partial charge >= 0.3 is 5.97 Å². The van der Waals surface area contributed by atoms with Crippen molar-refractivity contribution in [3.8, 4) is 11.5 Å². The molecule has 0 saturated heterocycles. The average molecular weight is 256 g/mol. The summed E-state index contributed by atoms with van der Waals surface area (Å²) >= 11 is 0. The number of para-hydroxylation sites is 1. The highest BCUT2D eigenvalue weighted by Crippen LogP contribution is 2.27. The molecule has 3 heteroatoms. The van der Waals surface area contributed by atoms with Crippen molar-refractivity contribution in [2.75, 3.05) is 0 Å². The van der Waals surface area contributed by atoms with E-state index in [1.165, 1.54) is 0 Å². The van der Waals surface area contributed by atoms with Gasteiger partial charge in [-0.2, -0.15) is 0 Å². The van der Waals surface area contributed by atoms with E-state index in [-0.39, 0.29) is 0 Å². The number of aliphatic carboxylic acids is 1. The molecule has 0 bridgehead atoms. The number of ether oxygens (including phenoxy) is 1. The lowest BCUT2D eigenvalue weighted by Crippen LogP contribution is -2.07. The molecule has 0 saturated carbocycles. The first-order chi connectivity index (χ1) is 9.08. The van der Waals surface area contributed by atoms with Crippen LogP contribution in [0, 0.1) is 6.92 Å². The van der Waals surface area contributed by atoms with Crippen LogP contribution >= 0.6 is 0 Å². The van der Waals surface area contributed by atoms with Crippen LogP contribution < -0.4 is 4.74 Å². The van der Waals surface area contributed by atoms with Crippen LogP contribution in [-0.4, -0.2) is 11.1 Å². The molecular formula is C16H16O3. The molecule has 1 atom stereocenters. The van der Waals surface area contributed by atoms with E-state index in [4.69, 9.17) is 9.84 Å². The summed E-state index contributed by atoms with van der Waals surface area (Å²) < 4.78 is 5.76. The van der Waals surface area contributed by atoms with Crippen LogP contribution in [0.4, 0.5) is 0 Å². The van der Waals surface area contributed by atoms with Crippen LogP contribution in [0.5, 0.6) is 11.5 Å². The van der Waals surface area contributed by atoms with Gasteiger partial charge in [0.2, 0.25) is 0 Å². The molecule has 0 fully saturated rings. The van der Waals surface area contributed by atoms with E-state index in [9.17, 15) is 4.79 Å². The van der Waals surface area contributed by atoms with Gasteiger partial charge in [0.1, 0.15) is 11.5 Å². The van der Waals surface area contributed by atoms with E-state index in [2.05, 4.69) is 0 Å². The maximum atomic E-state index is 11.0. The third-order valence-corrected chi connectivity index (χ3v) is 3.04. The van der Waals surface area contributed by atoms with Gasteiger partial charge in [0.25, 0.3) is 0 Å². The lowest BCUT2D eigenvalue weighted by atomic mass is 9.99. The van der Waals surface area contributed by atoms with Crippen molar-refractivity contribution < 1.29 is 14.6 Å². The third kappa shape index (κ3) is 3.13. The second-order valence-electron chi connectivity index (χ2n) is 4.50. The molecular weight excluding hydrogens is 240 g/mol. The number of carbonyl (C=O) groups is 1. The fourth-order valence-corrected chi connectivity index (χ4v) is 1.81. The molecule has 19 heavy (non-hydrogen) atoms. The fraction of sp³-hybridized carbons (Fsp3) is 0.188. The molecule has 3 nitrogen and oxygen atoms in total. The molecule has 2 rings (SSSR count). The first kappa shape index (κ1) is 13.1. The second-order valence-corrected chi connectivity index (χ2v) is 4.50. The van der Waals surface area contributed by atoms with Crippen molar-refractivity contribution in [3.63, 3.8) is 0 Å². The summed E-state index contributed by atoms with van der Waals surface area (Å²) in [7, 11) is 0. The van der Waals surface area contributed by atoms with E-state index < -0.39 is 11.9 Å². The number of hydrogen-bond acceptors (Lipinski definition) is 2. The molecule has 2 aromatic carbocycles. The predicted octanol–water partition coefficient (Wildman–Crippen LogP) is 3.98. The Morgan fingerprint density at radius 2 is 1.84 bits per heavy atom. The Hall–Kier alpha value is -2.29. The van der Waals surface area contributed by atoms with Crippen molar-refractivity contribution >= 4 is 5.97 Å². The summed E-state index contributed by atoms with van der Waals surface area (Å²) in [5.41, 5.74) is 1.71. The minimum absolute atomic E-state index is 0.510. The Morgan fingerprint density at radius 3 is 2.42 bits per heavy atom. The van der Waals surface area contributed by atoms with Crippen molar-refractivity contribution in [3.05, 3.63) is 59.7 Å². The van der Waals surface area contributed by atoms with E-state index in [1.54, 1.807) is 13.0 Å². The van der Waals surface area contributed by atoms with Crippen molar-refractivity contribution in [1.29, 1.82) is 0 Å². The summed E-state index contributed by atoms with van der Waals surface area (Å²) in [5.74, 6) is 0.178. The smallest absolute Gasteiger partial charge is 0.310 e. The molecule has 0 aliphatic rings. The van der Waals surface area contributed by atoms with Gasteiger partial charge in [-0.3, -0.25) is 4.79 Å². The largest absolute Gasteiger partial charge is 0.481 e. The summed E-state index contributed by atoms with van der Waals surface area (Å²) in [5, 5.41) is 9.00. The van der Waals surface area contributed by atoms with Gasteiger partial charge in [-0.1, -0.05) is 30.3 Å². The van der Waals surface area contributed by atoms with Gasteiger partial charge in [0, 0.05) is 0 Å². The third-order valence-electron chi connectivity index (χ3n) is 3.04. The Morgan fingerprint density at radius 1 is 1.16 bits per heavy atom. The minimum atomic E-state index is -0.823. The Balaban J connectivity index is 2.23. The predicted molar refractivity (Wildman–Crippen MR) is 73.7 cm³/mol. The maximum absolute atomic E-state index is 11.0.